The van der Waals surface area contributed by atoms with Crippen LogP contribution in [0.5, 0.6) is 0 Å². The molecule has 2 amide bonds. The Bertz CT molecular complexity index is 664. The number of benzene rings is 1. The van der Waals surface area contributed by atoms with E-state index in [0.717, 1.165) is 6.42 Å². The standard InChI is InChI=1S/C16H20N4O2/c1-11(8-12-6-4-3-5-7-12)9-14(21)19-13-10-18-20(2)15(13)16(17)22/h3-7,10-11H,8-9H2,1-2H3,(H2,17,22)(H,19,21). The molecule has 1 unspecified atom stereocenters. The zero-order valence-corrected chi connectivity index (χ0v) is 12.7. The fourth-order valence-corrected chi connectivity index (χ4v) is 2.43. The van der Waals surface area contributed by atoms with Crippen LogP contribution in [-0.2, 0) is 18.3 Å². The summed E-state index contributed by atoms with van der Waals surface area (Å²) in [4.78, 5) is 23.5. The summed E-state index contributed by atoms with van der Waals surface area (Å²) in [6.07, 6.45) is 2.62. The number of hydrogen-bond acceptors (Lipinski definition) is 3. The van der Waals surface area contributed by atoms with Crippen molar-refractivity contribution in [2.75, 3.05) is 5.32 Å². The van der Waals surface area contributed by atoms with Crippen LogP contribution in [0.4, 0.5) is 5.69 Å². The van der Waals surface area contributed by atoms with Crippen LogP contribution in [0.1, 0.15) is 29.4 Å². The van der Waals surface area contributed by atoms with Crippen molar-refractivity contribution in [3.05, 3.63) is 47.8 Å². The number of rotatable bonds is 6. The largest absolute Gasteiger partial charge is 0.364 e. The third-order valence-corrected chi connectivity index (χ3v) is 3.41. The molecule has 2 rings (SSSR count). The van der Waals surface area contributed by atoms with Gasteiger partial charge in [0, 0.05) is 13.5 Å². The average Bonchev–Trinajstić information content (AvgIpc) is 2.80. The maximum Gasteiger partial charge on any atom is 0.269 e. The van der Waals surface area contributed by atoms with E-state index in [9.17, 15) is 9.59 Å². The maximum atomic E-state index is 12.1. The van der Waals surface area contributed by atoms with Crippen molar-refractivity contribution in [1.82, 2.24) is 9.78 Å². The predicted octanol–water partition coefficient (Wildman–Crippen LogP) is 1.73. The molecular formula is C16H20N4O2. The van der Waals surface area contributed by atoms with Gasteiger partial charge in [-0.2, -0.15) is 5.10 Å². The summed E-state index contributed by atoms with van der Waals surface area (Å²) in [7, 11) is 1.60. The van der Waals surface area contributed by atoms with E-state index in [1.807, 2.05) is 37.3 Å². The summed E-state index contributed by atoms with van der Waals surface area (Å²) in [5.41, 5.74) is 7.04. The van der Waals surface area contributed by atoms with Crippen molar-refractivity contribution in [2.45, 2.75) is 19.8 Å². The molecule has 0 bridgehead atoms. The molecule has 6 nitrogen and oxygen atoms in total. The van der Waals surface area contributed by atoms with Gasteiger partial charge in [0.25, 0.3) is 5.91 Å². The summed E-state index contributed by atoms with van der Waals surface area (Å²) < 4.78 is 1.35. The third kappa shape index (κ3) is 3.94. The summed E-state index contributed by atoms with van der Waals surface area (Å²) in [5, 5.41) is 6.65. The van der Waals surface area contributed by atoms with Crippen LogP contribution >= 0.6 is 0 Å². The zero-order valence-electron chi connectivity index (χ0n) is 12.7. The van der Waals surface area contributed by atoms with E-state index in [4.69, 9.17) is 5.73 Å². The molecule has 22 heavy (non-hydrogen) atoms. The molecule has 1 aromatic heterocycles. The van der Waals surface area contributed by atoms with Crippen molar-refractivity contribution in [1.29, 1.82) is 0 Å². The molecule has 0 aliphatic carbocycles. The Kier molecular flexibility index (Phi) is 4.93. The Hall–Kier alpha value is -2.63. The van der Waals surface area contributed by atoms with Gasteiger partial charge in [-0.3, -0.25) is 14.3 Å². The predicted molar refractivity (Wildman–Crippen MR) is 84.3 cm³/mol. The number of hydrogen-bond donors (Lipinski definition) is 2. The number of amides is 2. The first kappa shape index (κ1) is 15.8. The lowest BCUT2D eigenvalue weighted by molar-refractivity contribution is -0.116. The molecule has 0 aliphatic heterocycles. The van der Waals surface area contributed by atoms with Crippen LogP contribution in [0.25, 0.3) is 0 Å². The minimum absolute atomic E-state index is 0.154. The van der Waals surface area contributed by atoms with E-state index in [1.54, 1.807) is 7.05 Å². The van der Waals surface area contributed by atoms with E-state index in [-0.39, 0.29) is 17.5 Å². The number of nitrogens with two attached hydrogens (primary N) is 1. The fourth-order valence-electron chi connectivity index (χ4n) is 2.43. The molecule has 0 saturated heterocycles. The van der Waals surface area contributed by atoms with Gasteiger partial charge in [-0.1, -0.05) is 37.3 Å². The van der Waals surface area contributed by atoms with Crippen LogP contribution in [0, 0.1) is 5.92 Å². The molecule has 0 fully saturated rings. The number of primary amides is 1. The molecular weight excluding hydrogens is 280 g/mol. The second-order valence-corrected chi connectivity index (χ2v) is 5.44. The van der Waals surface area contributed by atoms with E-state index < -0.39 is 5.91 Å². The van der Waals surface area contributed by atoms with Gasteiger partial charge in [-0.05, 0) is 17.9 Å². The number of nitrogens with one attached hydrogen (secondary N) is 1. The monoisotopic (exact) mass is 300 g/mol. The van der Waals surface area contributed by atoms with Crippen molar-refractivity contribution >= 4 is 17.5 Å². The van der Waals surface area contributed by atoms with Crippen LogP contribution < -0.4 is 11.1 Å². The SMILES string of the molecule is CC(CC(=O)Nc1cnn(C)c1C(N)=O)Cc1ccccc1. The first-order valence-electron chi connectivity index (χ1n) is 7.13. The number of anilines is 1. The molecule has 3 N–H and O–H groups in total. The molecule has 116 valence electrons. The first-order chi connectivity index (χ1) is 10.5. The highest BCUT2D eigenvalue weighted by molar-refractivity contribution is 6.01. The fraction of sp³-hybridized carbons (Fsp3) is 0.312. The highest BCUT2D eigenvalue weighted by Gasteiger charge is 2.17. The molecule has 1 atom stereocenters. The summed E-state index contributed by atoms with van der Waals surface area (Å²) in [5.74, 6) is -0.581. The molecule has 0 aliphatic rings. The minimum Gasteiger partial charge on any atom is -0.364 e. The smallest absolute Gasteiger partial charge is 0.269 e. The Labute approximate surface area is 129 Å². The molecule has 1 heterocycles. The molecule has 1 aromatic carbocycles. The average molecular weight is 300 g/mol. The number of aromatic nitrogens is 2. The number of nitrogens with zero attached hydrogens (tertiary/aromatic N) is 2. The topological polar surface area (TPSA) is 90.0 Å². The summed E-state index contributed by atoms with van der Waals surface area (Å²) in [6.45, 7) is 2.02. The lowest BCUT2D eigenvalue weighted by atomic mass is 9.98. The Balaban J connectivity index is 1.94. The second-order valence-electron chi connectivity index (χ2n) is 5.44. The number of carbonyl (C=O) groups is 2. The summed E-state index contributed by atoms with van der Waals surface area (Å²) >= 11 is 0. The third-order valence-electron chi connectivity index (χ3n) is 3.41. The maximum absolute atomic E-state index is 12.1. The van der Waals surface area contributed by atoms with Crippen molar-refractivity contribution < 1.29 is 9.59 Å². The van der Waals surface area contributed by atoms with Gasteiger partial charge in [-0.25, -0.2) is 0 Å². The Morgan fingerprint density at radius 1 is 1.32 bits per heavy atom. The van der Waals surface area contributed by atoms with E-state index >= 15 is 0 Å². The normalized spacial score (nSPS) is 11.9. The van der Waals surface area contributed by atoms with Crippen LogP contribution in [0.3, 0.4) is 0 Å². The minimum atomic E-state index is -0.618. The lowest BCUT2D eigenvalue weighted by Crippen LogP contribution is -2.21. The van der Waals surface area contributed by atoms with Gasteiger partial charge in [0.15, 0.2) is 0 Å². The van der Waals surface area contributed by atoms with Crippen molar-refractivity contribution in [3.63, 3.8) is 0 Å². The van der Waals surface area contributed by atoms with Gasteiger partial charge in [-0.15, -0.1) is 0 Å². The second kappa shape index (κ2) is 6.89. The zero-order chi connectivity index (χ0) is 16.1. The molecule has 0 saturated carbocycles. The molecule has 0 spiro atoms. The van der Waals surface area contributed by atoms with Gasteiger partial charge < -0.3 is 11.1 Å². The quantitative estimate of drug-likeness (QED) is 0.851. The van der Waals surface area contributed by atoms with E-state index in [2.05, 4.69) is 10.4 Å². The highest BCUT2D eigenvalue weighted by Crippen LogP contribution is 2.16. The van der Waals surface area contributed by atoms with Crippen LogP contribution in [0.15, 0.2) is 36.5 Å². The lowest BCUT2D eigenvalue weighted by Gasteiger charge is -2.11. The number of aryl methyl sites for hydroxylation is 1. The van der Waals surface area contributed by atoms with Crippen LogP contribution in [-0.4, -0.2) is 21.6 Å². The highest BCUT2D eigenvalue weighted by atomic mass is 16.2. The number of carbonyl (C=O) groups excluding carboxylic acids is 2. The van der Waals surface area contributed by atoms with E-state index in [1.165, 1.54) is 16.4 Å². The summed E-state index contributed by atoms with van der Waals surface area (Å²) in [6, 6.07) is 10.0. The molecule has 2 aromatic rings. The molecule has 0 radical (unpaired) electrons. The van der Waals surface area contributed by atoms with Crippen molar-refractivity contribution in [3.8, 4) is 0 Å². The van der Waals surface area contributed by atoms with Gasteiger partial charge in [0.1, 0.15) is 5.69 Å². The van der Waals surface area contributed by atoms with Gasteiger partial charge in [0.05, 0.1) is 11.9 Å². The molecule has 6 heteroatoms. The Morgan fingerprint density at radius 2 is 2.00 bits per heavy atom. The first-order valence-corrected chi connectivity index (χ1v) is 7.13. The van der Waals surface area contributed by atoms with Crippen molar-refractivity contribution in [2.24, 2.45) is 18.7 Å². The van der Waals surface area contributed by atoms with Crippen LogP contribution in [0.2, 0.25) is 0 Å². The van der Waals surface area contributed by atoms with Gasteiger partial charge >= 0.3 is 0 Å². The van der Waals surface area contributed by atoms with E-state index in [0.29, 0.717) is 12.1 Å². The van der Waals surface area contributed by atoms with Gasteiger partial charge in [0.2, 0.25) is 5.91 Å². The Morgan fingerprint density at radius 3 is 2.64 bits per heavy atom.